The number of aryl methyl sites for hydroxylation is 1. The summed E-state index contributed by atoms with van der Waals surface area (Å²) in [4.78, 5) is 17.0. The molecule has 1 aromatic heterocycles. The van der Waals surface area contributed by atoms with Crippen LogP contribution in [0.4, 0.5) is 5.13 Å². The van der Waals surface area contributed by atoms with Crippen molar-refractivity contribution in [3.63, 3.8) is 0 Å². The van der Waals surface area contributed by atoms with E-state index in [1.807, 2.05) is 31.2 Å². The Morgan fingerprint density at radius 2 is 2.30 bits per heavy atom. The van der Waals surface area contributed by atoms with Gasteiger partial charge in [-0.2, -0.15) is 0 Å². The molecule has 0 aliphatic carbocycles. The van der Waals surface area contributed by atoms with E-state index >= 15 is 0 Å². The zero-order valence-corrected chi connectivity index (χ0v) is 12.9. The Morgan fingerprint density at radius 3 is 2.95 bits per heavy atom. The van der Waals surface area contributed by atoms with Crippen LogP contribution in [-0.2, 0) is 11.2 Å². The van der Waals surface area contributed by atoms with Crippen LogP contribution < -0.4 is 11.1 Å². The minimum atomic E-state index is -0.546. The number of thiazole rings is 1. The van der Waals surface area contributed by atoms with Gasteiger partial charge in [0.15, 0.2) is 5.13 Å². The van der Waals surface area contributed by atoms with Crippen LogP contribution in [0.25, 0.3) is 0 Å². The van der Waals surface area contributed by atoms with Crippen LogP contribution >= 0.6 is 22.9 Å². The quantitative estimate of drug-likeness (QED) is 0.912. The Kier molecular flexibility index (Phi) is 4.75. The van der Waals surface area contributed by atoms with Gasteiger partial charge >= 0.3 is 0 Å². The Hall–Kier alpha value is -1.43. The fourth-order valence-corrected chi connectivity index (χ4v) is 2.91. The normalized spacial score (nSPS) is 12.2. The number of carbonyl (C=O) groups is 1. The molecule has 3 N–H and O–H groups in total. The molecule has 0 saturated heterocycles. The molecule has 0 aliphatic heterocycles. The smallest absolute Gasteiger partial charge is 0.242 e. The predicted molar refractivity (Wildman–Crippen MR) is 83.4 cm³/mol. The molecule has 0 unspecified atom stereocenters. The molecule has 106 valence electrons. The summed E-state index contributed by atoms with van der Waals surface area (Å²) in [5.74, 6) is -0.229. The summed E-state index contributed by atoms with van der Waals surface area (Å²) in [6, 6.07) is 7.17. The van der Waals surface area contributed by atoms with Crippen LogP contribution in [0.1, 0.15) is 23.1 Å². The maximum atomic E-state index is 11.5. The highest BCUT2D eigenvalue weighted by Gasteiger charge is 2.13. The second-order valence-corrected chi connectivity index (χ2v) is 6.13. The molecule has 4 nitrogen and oxygen atoms in total. The molecule has 1 heterocycles. The van der Waals surface area contributed by atoms with E-state index in [0.717, 1.165) is 27.6 Å². The number of amides is 1. The number of nitrogens with one attached hydrogen (secondary N) is 1. The Morgan fingerprint density at radius 1 is 1.55 bits per heavy atom. The van der Waals surface area contributed by atoms with Crippen molar-refractivity contribution in [1.82, 2.24) is 4.98 Å². The molecule has 0 saturated carbocycles. The van der Waals surface area contributed by atoms with Crippen LogP contribution in [0.2, 0.25) is 5.02 Å². The van der Waals surface area contributed by atoms with Crippen LogP contribution in [-0.4, -0.2) is 16.9 Å². The lowest BCUT2D eigenvalue weighted by Crippen LogP contribution is -2.32. The van der Waals surface area contributed by atoms with Gasteiger partial charge in [0, 0.05) is 16.3 Å². The highest BCUT2D eigenvalue weighted by molar-refractivity contribution is 7.15. The van der Waals surface area contributed by atoms with Crippen molar-refractivity contribution in [3.05, 3.63) is 45.4 Å². The fraction of sp³-hybridized carbons (Fsp3) is 0.286. The van der Waals surface area contributed by atoms with Crippen molar-refractivity contribution < 1.29 is 4.79 Å². The Bertz CT molecular complexity index is 625. The number of hydrogen-bond donors (Lipinski definition) is 2. The number of anilines is 1. The molecule has 1 amide bonds. The standard InChI is InChI=1S/C14H16ClN3OS/c1-8(16)13(19)18-14-17-9(2)12(20-14)7-10-4-3-5-11(15)6-10/h3-6,8H,7,16H2,1-2H3,(H,17,18,19)/t8-/m0/s1. The van der Waals surface area contributed by atoms with Gasteiger partial charge in [0.25, 0.3) is 0 Å². The highest BCUT2D eigenvalue weighted by Crippen LogP contribution is 2.26. The van der Waals surface area contributed by atoms with E-state index in [0.29, 0.717) is 5.13 Å². The Labute approximate surface area is 127 Å². The monoisotopic (exact) mass is 309 g/mol. The first kappa shape index (κ1) is 15.0. The van der Waals surface area contributed by atoms with E-state index in [1.165, 1.54) is 11.3 Å². The van der Waals surface area contributed by atoms with Gasteiger partial charge in [0.05, 0.1) is 11.7 Å². The summed E-state index contributed by atoms with van der Waals surface area (Å²) >= 11 is 7.44. The maximum Gasteiger partial charge on any atom is 0.242 e. The van der Waals surface area contributed by atoms with Crippen LogP contribution in [0.15, 0.2) is 24.3 Å². The number of hydrogen-bond acceptors (Lipinski definition) is 4. The lowest BCUT2D eigenvalue weighted by atomic mass is 10.1. The topological polar surface area (TPSA) is 68.0 Å². The molecule has 0 bridgehead atoms. The van der Waals surface area contributed by atoms with Crippen molar-refractivity contribution in [3.8, 4) is 0 Å². The van der Waals surface area contributed by atoms with E-state index in [-0.39, 0.29) is 5.91 Å². The van der Waals surface area contributed by atoms with Gasteiger partial charge in [-0.3, -0.25) is 4.79 Å². The molecule has 0 aliphatic rings. The third-order valence-electron chi connectivity index (χ3n) is 2.79. The first-order valence-electron chi connectivity index (χ1n) is 6.23. The number of nitrogens with two attached hydrogens (primary N) is 1. The summed E-state index contributed by atoms with van der Waals surface area (Å²) in [5, 5.41) is 4.02. The first-order valence-corrected chi connectivity index (χ1v) is 7.42. The molecule has 0 fully saturated rings. The van der Waals surface area contributed by atoms with Gasteiger partial charge in [-0.25, -0.2) is 4.98 Å². The SMILES string of the molecule is Cc1nc(NC(=O)[C@H](C)N)sc1Cc1cccc(Cl)c1. The summed E-state index contributed by atoms with van der Waals surface area (Å²) < 4.78 is 0. The maximum absolute atomic E-state index is 11.5. The van der Waals surface area contributed by atoms with E-state index in [2.05, 4.69) is 10.3 Å². The zero-order chi connectivity index (χ0) is 14.7. The second-order valence-electron chi connectivity index (χ2n) is 4.61. The number of nitrogens with zero attached hydrogens (tertiary/aromatic N) is 1. The van der Waals surface area contributed by atoms with E-state index < -0.39 is 6.04 Å². The number of benzene rings is 1. The first-order chi connectivity index (χ1) is 9.45. The van der Waals surface area contributed by atoms with Gasteiger partial charge in [-0.05, 0) is 31.5 Å². The highest BCUT2D eigenvalue weighted by atomic mass is 35.5. The van der Waals surface area contributed by atoms with E-state index in [9.17, 15) is 4.79 Å². The third kappa shape index (κ3) is 3.79. The summed E-state index contributed by atoms with van der Waals surface area (Å²) in [7, 11) is 0. The number of halogens is 1. The average molecular weight is 310 g/mol. The lowest BCUT2D eigenvalue weighted by Gasteiger charge is -2.03. The number of aromatic nitrogens is 1. The molecule has 0 spiro atoms. The molecule has 1 atom stereocenters. The van der Waals surface area contributed by atoms with Crippen molar-refractivity contribution in [1.29, 1.82) is 0 Å². The Balaban J connectivity index is 2.13. The largest absolute Gasteiger partial charge is 0.320 e. The predicted octanol–water partition coefficient (Wildman–Crippen LogP) is 2.98. The molecule has 1 aromatic carbocycles. The molecule has 2 rings (SSSR count). The van der Waals surface area contributed by atoms with Crippen molar-refractivity contribution in [2.24, 2.45) is 5.73 Å². The summed E-state index contributed by atoms with van der Waals surface area (Å²) in [6.45, 7) is 3.57. The molecule has 20 heavy (non-hydrogen) atoms. The second kappa shape index (κ2) is 6.35. The molecule has 2 aromatic rings. The van der Waals surface area contributed by atoms with E-state index in [4.69, 9.17) is 17.3 Å². The summed E-state index contributed by atoms with van der Waals surface area (Å²) in [5.41, 5.74) is 7.55. The van der Waals surface area contributed by atoms with Gasteiger partial charge in [0.2, 0.25) is 5.91 Å². The number of rotatable bonds is 4. The van der Waals surface area contributed by atoms with Gasteiger partial charge < -0.3 is 11.1 Å². The van der Waals surface area contributed by atoms with Gasteiger partial charge in [-0.15, -0.1) is 11.3 Å². The third-order valence-corrected chi connectivity index (χ3v) is 4.10. The molecular weight excluding hydrogens is 294 g/mol. The zero-order valence-electron chi connectivity index (χ0n) is 11.3. The van der Waals surface area contributed by atoms with E-state index in [1.54, 1.807) is 6.92 Å². The van der Waals surface area contributed by atoms with Crippen molar-refractivity contribution in [2.75, 3.05) is 5.32 Å². The molecule has 0 radical (unpaired) electrons. The lowest BCUT2D eigenvalue weighted by molar-refractivity contribution is -0.117. The fourth-order valence-electron chi connectivity index (χ4n) is 1.70. The minimum absolute atomic E-state index is 0.229. The average Bonchev–Trinajstić information content (AvgIpc) is 2.69. The number of carbonyl (C=O) groups excluding carboxylic acids is 1. The van der Waals surface area contributed by atoms with Crippen molar-refractivity contribution >= 4 is 34.0 Å². The van der Waals surface area contributed by atoms with Crippen LogP contribution in [0.5, 0.6) is 0 Å². The molecular formula is C14H16ClN3OS. The van der Waals surface area contributed by atoms with Crippen LogP contribution in [0, 0.1) is 6.92 Å². The van der Waals surface area contributed by atoms with Crippen LogP contribution in [0.3, 0.4) is 0 Å². The van der Waals surface area contributed by atoms with Gasteiger partial charge in [0.1, 0.15) is 0 Å². The van der Waals surface area contributed by atoms with Crippen molar-refractivity contribution in [2.45, 2.75) is 26.3 Å². The van der Waals surface area contributed by atoms with Gasteiger partial charge in [-0.1, -0.05) is 23.7 Å². The minimum Gasteiger partial charge on any atom is -0.320 e. The summed E-state index contributed by atoms with van der Waals surface area (Å²) in [6.07, 6.45) is 0.748. The molecule has 6 heteroatoms.